The number of hydrogen-bond acceptors (Lipinski definition) is 5. The molecule has 1 N–H and O–H groups in total. The van der Waals surface area contributed by atoms with Gasteiger partial charge in [-0.3, -0.25) is 9.18 Å². The van der Waals surface area contributed by atoms with Crippen LogP contribution in [0, 0.1) is 23.5 Å². The van der Waals surface area contributed by atoms with E-state index in [4.69, 9.17) is 9.15 Å². The number of amides is 1. The molecule has 0 atom stereocenters. The molecule has 1 amide bonds. The molecular formula is C23H26F3N3O3. The van der Waals surface area contributed by atoms with E-state index >= 15 is 0 Å². The van der Waals surface area contributed by atoms with Crippen LogP contribution < -0.4 is 15.0 Å². The number of alkyl halides is 1. The molecule has 1 aliphatic heterocycles. The van der Waals surface area contributed by atoms with Crippen LogP contribution in [0.25, 0.3) is 0 Å². The summed E-state index contributed by atoms with van der Waals surface area (Å²) in [6, 6.07) is 2.31. The molecule has 172 valence electrons. The van der Waals surface area contributed by atoms with Crippen molar-refractivity contribution in [2.45, 2.75) is 51.0 Å². The van der Waals surface area contributed by atoms with E-state index in [1.54, 1.807) is 0 Å². The first kappa shape index (κ1) is 21.2. The number of rotatable bonds is 7. The fourth-order valence-electron chi connectivity index (χ4n) is 5.11. The first-order valence-corrected chi connectivity index (χ1v) is 11.3. The van der Waals surface area contributed by atoms with E-state index in [1.165, 1.54) is 12.8 Å². The minimum absolute atomic E-state index is 0.0687. The van der Waals surface area contributed by atoms with Crippen molar-refractivity contribution in [3.05, 3.63) is 35.2 Å². The molecule has 4 aliphatic rings. The Labute approximate surface area is 184 Å². The van der Waals surface area contributed by atoms with Crippen LogP contribution in [0.5, 0.6) is 5.75 Å². The summed E-state index contributed by atoms with van der Waals surface area (Å²) in [7, 11) is 0. The second-order valence-electron chi connectivity index (χ2n) is 9.04. The van der Waals surface area contributed by atoms with Crippen LogP contribution in [-0.2, 0) is 6.42 Å². The fourth-order valence-corrected chi connectivity index (χ4v) is 5.11. The van der Waals surface area contributed by atoms with Gasteiger partial charge in [-0.1, -0.05) is 0 Å². The van der Waals surface area contributed by atoms with Crippen molar-refractivity contribution in [2.75, 3.05) is 30.0 Å². The number of halogens is 3. The molecule has 1 aromatic heterocycles. The lowest BCUT2D eigenvalue weighted by atomic mass is 9.64. The fraction of sp³-hybridized carbons (Fsp3) is 0.565. The van der Waals surface area contributed by atoms with Gasteiger partial charge in [0.25, 0.3) is 11.9 Å². The lowest BCUT2D eigenvalue weighted by molar-refractivity contribution is 0.00932. The minimum Gasteiger partial charge on any atom is -0.484 e. The molecular weight excluding hydrogens is 423 g/mol. The zero-order chi connectivity index (χ0) is 22.2. The van der Waals surface area contributed by atoms with E-state index in [-0.39, 0.29) is 35.7 Å². The Kier molecular flexibility index (Phi) is 5.73. The summed E-state index contributed by atoms with van der Waals surface area (Å²) in [6.45, 7) is 0.779. The smallest absolute Gasteiger partial charge is 0.298 e. The third-order valence-electron chi connectivity index (χ3n) is 6.67. The van der Waals surface area contributed by atoms with Crippen LogP contribution in [0.3, 0.4) is 0 Å². The molecule has 3 aliphatic carbocycles. The molecule has 0 radical (unpaired) electrons. The van der Waals surface area contributed by atoms with Crippen molar-refractivity contribution >= 4 is 17.6 Å². The molecule has 9 heteroatoms. The highest BCUT2D eigenvalue weighted by Gasteiger charge is 2.39. The average Bonchev–Trinajstić information content (AvgIpc) is 3.41. The van der Waals surface area contributed by atoms with E-state index in [2.05, 4.69) is 10.3 Å². The second-order valence-corrected chi connectivity index (χ2v) is 9.04. The first-order chi connectivity index (χ1) is 15.5. The zero-order valence-corrected chi connectivity index (χ0v) is 17.7. The normalized spacial score (nSPS) is 24.3. The number of oxazole rings is 1. The summed E-state index contributed by atoms with van der Waals surface area (Å²) in [5.41, 5.74) is -0.145. The topological polar surface area (TPSA) is 67.6 Å². The van der Waals surface area contributed by atoms with Gasteiger partial charge in [-0.15, -0.1) is 0 Å². The maximum atomic E-state index is 14.6. The number of aryl methyl sites for hydroxylation is 1. The number of aromatic nitrogens is 1. The van der Waals surface area contributed by atoms with Gasteiger partial charge in [-0.25, -0.2) is 8.78 Å². The molecule has 0 spiro atoms. The SMILES string of the molecule is O=C(Nc1cc(F)c(OC2CC3CC(C3)C2)c(F)c1)c1nc(N2CCCC2)oc1CCF. The monoisotopic (exact) mass is 449 g/mol. The highest BCUT2D eigenvalue weighted by atomic mass is 19.1. The van der Waals surface area contributed by atoms with Crippen molar-refractivity contribution < 1.29 is 27.1 Å². The van der Waals surface area contributed by atoms with E-state index in [0.717, 1.165) is 50.9 Å². The van der Waals surface area contributed by atoms with Gasteiger partial charge in [-0.05, 0) is 50.4 Å². The Balaban J connectivity index is 1.30. The zero-order valence-electron chi connectivity index (χ0n) is 17.7. The van der Waals surface area contributed by atoms with Crippen LogP contribution in [-0.4, -0.2) is 36.8 Å². The van der Waals surface area contributed by atoms with Crippen molar-refractivity contribution in [1.82, 2.24) is 4.98 Å². The Morgan fingerprint density at radius 2 is 1.78 bits per heavy atom. The Morgan fingerprint density at radius 1 is 1.12 bits per heavy atom. The van der Waals surface area contributed by atoms with Gasteiger partial charge < -0.3 is 19.4 Å². The Bertz CT molecular complexity index is 967. The Morgan fingerprint density at radius 3 is 2.41 bits per heavy atom. The molecule has 2 bridgehead atoms. The van der Waals surface area contributed by atoms with Crippen LogP contribution in [0.15, 0.2) is 16.5 Å². The molecule has 0 unspecified atom stereocenters. The molecule has 2 heterocycles. The van der Waals surface area contributed by atoms with Gasteiger partial charge in [0, 0.05) is 37.3 Å². The number of nitrogens with one attached hydrogen (secondary N) is 1. The molecule has 6 rings (SSSR count). The number of fused-ring (bicyclic) bond motifs is 2. The number of anilines is 2. The largest absolute Gasteiger partial charge is 0.484 e. The van der Waals surface area contributed by atoms with Gasteiger partial charge >= 0.3 is 0 Å². The summed E-state index contributed by atoms with van der Waals surface area (Å²) < 4.78 is 53.5. The molecule has 4 fully saturated rings. The van der Waals surface area contributed by atoms with Crippen LogP contribution in [0.1, 0.15) is 54.8 Å². The predicted octanol–water partition coefficient (Wildman–Crippen LogP) is 4.88. The average molecular weight is 449 g/mol. The quantitative estimate of drug-likeness (QED) is 0.652. The highest BCUT2D eigenvalue weighted by molar-refractivity contribution is 6.03. The number of carbonyl (C=O) groups excluding carboxylic acids is 1. The predicted molar refractivity (Wildman–Crippen MR) is 112 cm³/mol. The molecule has 1 saturated heterocycles. The lowest BCUT2D eigenvalue weighted by Gasteiger charge is -2.44. The van der Waals surface area contributed by atoms with Crippen molar-refractivity contribution in [3.63, 3.8) is 0 Å². The van der Waals surface area contributed by atoms with Gasteiger partial charge in [0.15, 0.2) is 23.1 Å². The molecule has 2 aromatic rings. The van der Waals surface area contributed by atoms with E-state index in [1.807, 2.05) is 4.90 Å². The highest BCUT2D eigenvalue weighted by Crippen LogP contribution is 2.46. The summed E-state index contributed by atoms with van der Waals surface area (Å²) in [5, 5.41) is 2.45. The number of carbonyl (C=O) groups is 1. The van der Waals surface area contributed by atoms with Crippen molar-refractivity contribution in [3.8, 4) is 5.75 Å². The summed E-state index contributed by atoms with van der Waals surface area (Å²) in [4.78, 5) is 18.9. The van der Waals surface area contributed by atoms with Crippen LogP contribution in [0.4, 0.5) is 24.9 Å². The van der Waals surface area contributed by atoms with Crippen LogP contribution in [0.2, 0.25) is 0 Å². The van der Waals surface area contributed by atoms with E-state index in [0.29, 0.717) is 11.8 Å². The third-order valence-corrected chi connectivity index (χ3v) is 6.67. The van der Waals surface area contributed by atoms with Gasteiger partial charge in [-0.2, -0.15) is 4.98 Å². The number of nitrogens with zero attached hydrogens (tertiary/aromatic N) is 2. The second kappa shape index (κ2) is 8.67. The third kappa shape index (κ3) is 4.17. The summed E-state index contributed by atoms with van der Waals surface area (Å²) in [5.74, 6) is -1.57. The minimum atomic E-state index is -0.874. The van der Waals surface area contributed by atoms with Gasteiger partial charge in [0.05, 0.1) is 12.8 Å². The van der Waals surface area contributed by atoms with Crippen molar-refractivity contribution in [1.29, 1.82) is 0 Å². The number of hydrogen-bond donors (Lipinski definition) is 1. The van der Waals surface area contributed by atoms with Gasteiger partial charge in [0.1, 0.15) is 5.76 Å². The maximum absolute atomic E-state index is 14.6. The number of ether oxygens (including phenoxy) is 1. The number of benzene rings is 1. The standard InChI is InChI=1S/C23H26F3N3O3/c24-4-3-19-20(28-23(32-19)29-5-1-2-6-29)22(30)27-15-11-17(25)21(18(26)12-15)31-16-9-13-7-14(8-13)10-16/h11-14,16H,1-10H2,(H,27,30). The molecule has 3 saturated carbocycles. The maximum Gasteiger partial charge on any atom is 0.298 e. The first-order valence-electron chi connectivity index (χ1n) is 11.3. The Hall–Kier alpha value is -2.71. The summed E-state index contributed by atoms with van der Waals surface area (Å²) >= 11 is 0. The van der Waals surface area contributed by atoms with E-state index < -0.39 is 30.0 Å². The molecule has 6 nitrogen and oxygen atoms in total. The summed E-state index contributed by atoms with van der Waals surface area (Å²) in [6.07, 6.45) is 5.67. The lowest BCUT2D eigenvalue weighted by Crippen LogP contribution is -2.39. The van der Waals surface area contributed by atoms with Gasteiger partial charge in [0.2, 0.25) is 0 Å². The van der Waals surface area contributed by atoms with E-state index in [9.17, 15) is 18.0 Å². The molecule has 1 aromatic carbocycles. The van der Waals surface area contributed by atoms with Crippen molar-refractivity contribution in [2.24, 2.45) is 11.8 Å². The molecule has 32 heavy (non-hydrogen) atoms. The van der Waals surface area contributed by atoms with Crippen LogP contribution >= 0.6 is 0 Å².